The number of aromatic nitrogens is 3. The van der Waals surface area contributed by atoms with Crippen molar-refractivity contribution < 1.29 is 4.79 Å². The van der Waals surface area contributed by atoms with Gasteiger partial charge in [0, 0.05) is 6.20 Å². The van der Waals surface area contributed by atoms with Crippen LogP contribution < -0.4 is 0 Å². The number of rotatable bonds is 2. The van der Waals surface area contributed by atoms with Crippen LogP contribution in [0.3, 0.4) is 0 Å². The first-order chi connectivity index (χ1) is 8.28. The number of pyridine rings is 1. The average Bonchev–Trinajstić information content (AvgIpc) is 2.93. The summed E-state index contributed by atoms with van der Waals surface area (Å²) in [6.07, 6.45) is 2.53. The van der Waals surface area contributed by atoms with E-state index in [1.54, 1.807) is 28.9 Å². The number of hydrogen-bond donors (Lipinski definition) is 0. The molecule has 0 radical (unpaired) electrons. The third kappa shape index (κ3) is 1.73. The zero-order valence-electron chi connectivity index (χ0n) is 8.50. The van der Waals surface area contributed by atoms with E-state index in [2.05, 4.69) is 10.1 Å². The largest absolute Gasteiger partial charge is 0.298 e. The highest BCUT2D eigenvalue weighted by molar-refractivity contribution is 7.19. The fraction of sp³-hybridized carbons (Fsp3) is 0. The van der Waals surface area contributed by atoms with Gasteiger partial charge >= 0.3 is 0 Å². The highest BCUT2D eigenvalue weighted by atomic mass is 35.5. The maximum absolute atomic E-state index is 10.9. The average molecular weight is 264 g/mol. The molecule has 0 saturated heterocycles. The molecular formula is C11H6ClN3OS. The lowest BCUT2D eigenvalue weighted by Crippen LogP contribution is -1.90. The zero-order chi connectivity index (χ0) is 11.8. The molecule has 0 aliphatic carbocycles. The molecule has 0 saturated carbocycles. The summed E-state index contributed by atoms with van der Waals surface area (Å²) in [5.41, 5.74) is 1.08. The molecule has 0 N–H and O–H groups in total. The Balaban J connectivity index is 2.23. The van der Waals surface area contributed by atoms with Crippen LogP contribution in [0.1, 0.15) is 10.4 Å². The van der Waals surface area contributed by atoms with Crippen LogP contribution in [-0.4, -0.2) is 20.9 Å². The molecule has 17 heavy (non-hydrogen) atoms. The molecule has 0 bridgehead atoms. The van der Waals surface area contributed by atoms with Gasteiger partial charge in [0.05, 0.1) is 14.8 Å². The van der Waals surface area contributed by atoms with Gasteiger partial charge in [0.1, 0.15) is 0 Å². The van der Waals surface area contributed by atoms with Crippen LogP contribution in [0, 0.1) is 0 Å². The fourth-order valence-electron chi connectivity index (χ4n) is 1.56. The van der Waals surface area contributed by atoms with E-state index >= 15 is 0 Å². The third-order valence-electron chi connectivity index (χ3n) is 2.31. The predicted octanol–water partition coefficient (Wildman–Crippen LogP) is 2.92. The van der Waals surface area contributed by atoms with E-state index in [4.69, 9.17) is 11.6 Å². The lowest BCUT2D eigenvalue weighted by atomic mass is 10.3. The molecule has 0 fully saturated rings. The second kappa shape index (κ2) is 3.94. The molecule has 0 unspecified atom stereocenters. The summed E-state index contributed by atoms with van der Waals surface area (Å²) in [5.74, 6) is 0.580. The minimum atomic E-state index is 0.522. The maximum Gasteiger partial charge on any atom is 0.192 e. The quantitative estimate of drug-likeness (QED) is 0.668. The molecule has 6 heteroatoms. The van der Waals surface area contributed by atoms with E-state index in [0.29, 0.717) is 21.4 Å². The van der Waals surface area contributed by atoms with Gasteiger partial charge in [-0.1, -0.05) is 11.6 Å². The van der Waals surface area contributed by atoms with Gasteiger partial charge in [0.15, 0.2) is 17.8 Å². The third-order valence-corrected chi connectivity index (χ3v) is 3.54. The van der Waals surface area contributed by atoms with Crippen molar-refractivity contribution in [1.82, 2.24) is 14.6 Å². The van der Waals surface area contributed by atoms with Crippen molar-refractivity contribution in [3.8, 4) is 10.7 Å². The Hall–Kier alpha value is -1.72. The summed E-state index contributed by atoms with van der Waals surface area (Å²) >= 11 is 7.28. The van der Waals surface area contributed by atoms with Gasteiger partial charge < -0.3 is 0 Å². The molecule has 0 aromatic carbocycles. The number of aldehydes is 1. The van der Waals surface area contributed by atoms with Crippen LogP contribution in [0.5, 0.6) is 0 Å². The zero-order valence-corrected chi connectivity index (χ0v) is 10.1. The first-order valence-electron chi connectivity index (χ1n) is 4.84. The first-order valence-corrected chi connectivity index (χ1v) is 6.03. The smallest absolute Gasteiger partial charge is 0.192 e. The molecule has 84 valence electrons. The van der Waals surface area contributed by atoms with E-state index in [-0.39, 0.29) is 0 Å². The van der Waals surface area contributed by atoms with Gasteiger partial charge in [0.25, 0.3) is 0 Å². The number of carbonyl (C=O) groups excluding carboxylic acids is 1. The monoisotopic (exact) mass is 263 g/mol. The van der Waals surface area contributed by atoms with Gasteiger partial charge in [-0.25, -0.2) is 9.50 Å². The summed E-state index contributed by atoms with van der Waals surface area (Å²) in [4.78, 5) is 16.1. The summed E-state index contributed by atoms with van der Waals surface area (Å²) in [6, 6.07) is 7.13. The molecule has 3 rings (SSSR count). The molecule has 3 aromatic rings. The Morgan fingerprint density at radius 3 is 2.94 bits per heavy atom. The molecule has 3 heterocycles. The number of fused-ring (bicyclic) bond motifs is 1. The van der Waals surface area contributed by atoms with Crippen LogP contribution in [0.2, 0.25) is 4.34 Å². The van der Waals surface area contributed by atoms with Crippen molar-refractivity contribution in [2.24, 2.45) is 0 Å². The molecule has 3 aromatic heterocycles. The molecule has 0 aliphatic rings. The van der Waals surface area contributed by atoms with Gasteiger partial charge in [-0.3, -0.25) is 4.79 Å². The minimum Gasteiger partial charge on any atom is -0.298 e. The Bertz CT molecular complexity index is 704. The van der Waals surface area contributed by atoms with Crippen molar-refractivity contribution in [2.75, 3.05) is 0 Å². The van der Waals surface area contributed by atoms with Crippen molar-refractivity contribution in [3.63, 3.8) is 0 Å². The highest BCUT2D eigenvalue weighted by Gasteiger charge is 2.10. The number of hydrogen-bond acceptors (Lipinski definition) is 4. The molecule has 0 spiro atoms. The van der Waals surface area contributed by atoms with E-state index < -0.39 is 0 Å². The van der Waals surface area contributed by atoms with Gasteiger partial charge in [0.2, 0.25) is 0 Å². The van der Waals surface area contributed by atoms with E-state index in [1.807, 2.05) is 6.07 Å². The lowest BCUT2D eigenvalue weighted by Gasteiger charge is -1.91. The van der Waals surface area contributed by atoms with Crippen molar-refractivity contribution in [2.45, 2.75) is 0 Å². The van der Waals surface area contributed by atoms with Gasteiger partial charge in [-0.2, -0.15) is 0 Å². The minimum absolute atomic E-state index is 0.522. The number of halogens is 1. The number of thiophene rings is 1. The van der Waals surface area contributed by atoms with Crippen molar-refractivity contribution >= 4 is 34.9 Å². The van der Waals surface area contributed by atoms with E-state index in [1.165, 1.54) is 11.3 Å². The van der Waals surface area contributed by atoms with Crippen molar-refractivity contribution in [1.29, 1.82) is 0 Å². The molecule has 0 amide bonds. The standard InChI is InChI=1S/C11H6ClN3OS/c12-9-4-3-8(17-9)10-13-11-7(6-16)2-1-5-15(11)14-10/h1-6H. The second-order valence-electron chi connectivity index (χ2n) is 3.39. The topological polar surface area (TPSA) is 47.3 Å². The summed E-state index contributed by atoms with van der Waals surface area (Å²) in [7, 11) is 0. The highest BCUT2D eigenvalue weighted by Crippen LogP contribution is 2.29. The number of carbonyl (C=O) groups is 1. The lowest BCUT2D eigenvalue weighted by molar-refractivity contribution is 0.112. The van der Waals surface area contributed by atoms with E-state index in [9.17, 15) is 4.79 Å². The normalized spacial score (nSPS) is 10.9. The SMILES string of the molecule is O=Cc1cccn2nc(-c3ccc(Cl)s3)nc12. The van der Waals surface area contributed by atoms with Crippen LogP contribution >= 0.6 is 22.9 Å². The van der Waals surface area contributed by atoms with E-state index in [0.717, 1.165) is 11.2 Å². The fourth-order valence-corrected chi connectivity index (χ4v) is 2.53. The Morgan fingerprint density at radius 1 is 1.35 bits per heavy atom. The van der Waals surface area contributed by atoms with Gasteiger partial charge in [-0.05, 0) is 24.3 Å². The maximum atomic E-state index is 10.9. The second-order valence-corrected chi connectivity index (χ2v) is 5.10. The Morgan fingerprint density at radius 2 is 2.24 bits per heavy atom. The van der Waals surface area contributed by atoms with Crippen molar-refractivity contribution in [3.05, 3.63) is 40.4 Å². The predicted molar refractivity (Wildman–Crippen MR) is 66.7 cm³/mol. The number of nitrogens with zero attached hydrogens (tertiary/aromatic N) is 3. The molecule has 4 nitrogen and oxygen atoms in total. The summed E-state index contributed by atoms with van der Waals surface area (Å²) < 4.78 is 2.28. The molecular weight excluding hydrogens is 258 g/mol. The molecule has 0 atom stereocenters. The molecule has 0 aliphatic heterocycles. The van der Waals surface area contributed by atoms with Crippen LogP contribution in [0.4, 0.5) is 0 Å². The summed E-state index contributed by atoms with van der Waals surface area (Å²) in [6.45, 7) is 0. The Kier molecular flexibility index (Phi) is 2.42. The van der Waals surface area contributed by atoms with Crippen LogP contribution in [0.15, 0.2) is 30.5 Å². The van der Waals surface area contributed by atoms with Gasteiger partial charge in [-0.15, -0.1) is 16.4 Å². The summed E-state index contributed by atoms with van der Waals surface area (Å²) in [5, 5.41) is 4.30. The van der Waals surface area contributed by atoms with Crippen LogP contribution in [-0.2, 0) is 0 Å². The first kappa shape index (κ1) is 10.4. The Labute approximate surface area is 105 Å². The van der Waals surface area contributed by atoms with Crippen LogP contribution in [0.25, 0.3) is 16.3 Å².